The van der Waals surface area contributed by atoms with E-state index in [0.29, 0.717) is 12.5 Å². The Balaban J connectivity index is 2.68. The van der Waals surface area contributed by atoms with Crippen LogP contribution in [0.25, 0.3) is 0 Å². The van der Waals surface area contributed by atoms with E-state index in [0.717, 1.165) is 5.56 Å². The topological polar surface area (TPSA) is 41.5 Å². The molecule has 2 unspecified atom stereocenters. The molecule has 2 N–H and O–H groups in total. The molecule has 1 rings (SSSR count). The average Bonchev–Trinajstić information content (AvgIpc) is 2.35. The van der Waals surface area contributed by atoms with Crippen molar-refractivity contribution in [1.29, 1.82) is 0 Å². The van der Waals surface area contributed by atoms with E-state index in [2.05, 4.69) is 19.2 Å². The van der Waals surface area contributed by atoms with E-state index in [-0.39, 0.29) is 18.7 Å². The van der Waals surface area contributed by atoms with Crippen LogP contribution in [0.4, 0.5) is 0 Å². The van der Waals surface area contributed by atoms with Crippen LogP contribution in [0.3, 0.4) is 0 Å². The van der Waals surface area contributed by atoms with Crippen molar-refractivity contribution in [3.05, 3.63) is 35.9 Å². The van der Waals surface area contributed by atoms with Gasteiger partial charge in [0.15, 0.2) is 0 Å². The third-order valence-electron chi connectivity index (χ3n) is 2.95. The van der Waals surface area contributed by atoms with Gasteiger partial charge in [-0.05, 0) is 11.5 Å². The zero-order valence-corrected chi connectivity index (χ0v) is 10.9. The minimum Gasteiger partial charge on any atom is -0.394 e. The van der Waals surface area contributed by atoms with E-state index in [4.69, 9.17) is 4.74 Å². The first-order valence-electron chi connectivity index (χ1n) is 6.09. The molecule has 0 aromatic heterocycles. The number of hydrogen-bond donors (Lipinski definition) is 2. The van der Waals surface area contributed by atoms with Crippen LogP contribution < -0.4 is 5.32 Å². The summed E-state index contributed by atoms with van der Waals surface area (Å²) in [5.74, 6) is 0.465. The molecular formula is C14H23NO2. The summed E-state index contributed by atoms with van der Waals surface area (Å²) in [4.78, 5) is 0. The van der Waals surface area contributed by atoms with Crippen molar-refractivity contribution >= 4 is 0 Å². The summed E-state index contributed by atoms with van der Waals surface area (Å²) in [6.07, 6.45) is 0. The predicted molar refractivity (Wildman–Crippen MR) is 69.9 cm³/mol. The van der Waals surface area contributed by atoms with Crippen molar-refractivity contribution in [1.82, 2.24) is 5.32 Å². The fourth-order valence-electron chi connectivity index (χ4n) is 1.81. The largest absolute Gasteiger partial charge is 0.394 e. The number of benzene rings is 1. The molecule has 17 heavy (non-hydrogen) atoms. The molecule has 3 heteroatoms. The molecule has 0 spiro atoms. The smallest absolute Gasteiger partial charge is 0.0626 e. The van der Waals surface area contributed by atoms with Crippen molar-refractivity contribution in [3.63, 3.8) is 0 Å². The fraction of sp³-hybridized carbons (Fsp3) is 0.571. The van der Waals surface area contributed by atoms with Gasteiger partial charge in [0.25, 0.3) is 0 Å². The second-order valence-corrected chi connectivity index (χ2v) is 4.62. The molecule has 0 bridgehead atoms. The second kappa shape index (κ2) is 7.43. The third-order valence-corrected chi connectivity index (χ3v) is 2.95. The van der Waals surface area contributed by atoms with E-state index in [1.165, 1.54) is 0 Å². The van der Waals surface area contributed by atoms with Gasteiger partial charge in [0.05, 0.1) is 19.3 Å². The molecule has 0 heterocycles. The van der Waals surface area contributed by atoms with Gasteiger partial charge >= 0.3 is 0 Å². The molecule has 3 nitrogen and oxygen atoms in total. The molecule has 0 aliphatic rings. The van der Waals surface area contributed by atoms with Crippen molar-refractivity contribution in [2.24, 2.45) is 5.92 Å². The number of rotatable bonds is 7. The van der Waals surface area contributed by atoms with Gasteiger partial charge in [-0.3, -0.25) is 0 Å². The highest BCUT2D eigenvalue weighted by atomic mass is 16.5. The van der Waals surface area contributed by atoms with E-state index in [1.807, 2.05) is 30.3 Å². The molecule has 0 fully saturated rings. The van der Waals surface area contributed by atoms with Crippen LogP contribution in [0.15, 0.2) is 30.3 Å². The maximum Gasteiger partial charge on any atom is 0.0626 e. The number of nitrogens with one attached hydrogen (secondary N) is 1. The normalized spacial score (nSPS) is 14.9. The Hall–Kier alpha value is -0.900. The minimum absolute atomic E-state index is 0.0289. The molecule has 2 atom stereocenters. The minimum atomic E-state index is -0.0289. The van der Waals surface area contributed by atoms with E-state index in [9.17, 15) is 5.11 Å². The molecule has 0 saturated heterocycles. The highest BCUT2D eigenvalue weighted by Gasteiger charge is 2.18. The molecular weight excluding hydrogens is 214 g/mol. The zero-order chi connectivity index (χ0) is 12.7. The number of methoxy groups -OCH3 is 1. The molecule has 1 aromatic rings. The van der Waals surface area contributed by atoms with Crippen LogP contribution in [-0.4, -0.2) is 31.5 Å². The van der Waals surface area contributed by atoms with Crippen LogP contribution in [0.1, 0.15) is 25.5 Å². The maximum atomic E-state index is 9.48. The Bertz CT molecular complexity index is 300. The standard InChI is InChI=1S/C14H23NO2/c1-11(2)14(10-17-3)15-13(9-16)12-7-5-4-6-8-12/h4-8,11,13-16H,9-10H2,1-3H3. The lowest BCUT2D eigenvalue weighted by Gasteiger charge is -2.27. The Morgan fingerprint density at radius 2 is 1.88 bits per heavy atom. The third kappa shape index (κ3) is 4.46. The first-order valence-corrected chi connectivity index (χ1v) is 6.09. The number of aliphatic hydroxyl groups excluding tert-OH is 1. The fourth-order valence-corrected chi connectivity index (χ4v) is 1.81. The summed E-state index contributed by atoms with van der Waals surface area (Å²) in [5, 5.41) is 12.9. The summed E-state index contributed by atoms with van der Waals surface area (Å²) >= 11 is 0. The summed E-state index contributed by atoms with van der Waals surface area (Å²) in [6, 6.07) is 10.2. The molecule has 0 amide bonds. The van der Waals surface area contributed by atoms with Crippen LogP contribution in [0.2, 0.25) is 0 Å². The van der Waals surface area contributed by atoms with Gasteiger partial charge < -0.3 is 15.2 Å². The quantitative estimate of drug-likeness (QED) is 0.762. The first-order chi connectivity index (χ1) is 8.19. The second-order valence-electron chi connectivity index (χ2n) is 4.62. The molecule has 0 saturated carbocycles. The lowest BCUT2D eigenvalue weighted by atomic mass is 10.0. The summed E-state index contributed by atoms with van der Waals surface area (Å²) in [5.41, 5.74) is 1.11. The number of hydrogen-bond acceptors (Lipinski definition) is 3. The number of ether oxygens (including phenoxy) is 1. The van der Waals surface area contributed by atoms with Gasteiger partial charge in [0.1, 0.15) is 0 Å². The highest BCUT2D eigenvalue weighted by molar-refractivity contribution is 5.19. The molecule has 1 aromatic carbocycles. The van der Waals surface area contributed by atoms with Crippen LogP contribution in [0.5, 0.6) is 0 Å². The predicted octanol–water partition coefficient (Wildman–Crippen LogP) is 1.98. The van der Waals surface area contributed by atoms with Crippen molar-refractivity contribution in [2.75, 3.05) is 20.3 Å². The molecule has 0 radical (unpaired) electrons. The van der Waals surface area contributed by atoms with Gasteiger partial charge in [-0.2, -0.15) is 0 Å². The lowest BCUT2D eigenvalue weighted by Crippen LogP contribution is -2.41. The van der Waals surface area contributed by atoms with Crippen LogP contribution in [-0.2, 0) is 4.74 Å². The van der Waals surface area contributed by atoms with E-state index in [1.54, 1.807) is 7.11 Å². The van der Waals surface area contributed by atoms with Gasteiger partial charge in [-0.25, -0.2) is 0 Å². The Morgan fingerprint density at radius 1 is 1.24 bits per heavy atom. The number of aliphatic hydroxyl groups is 1. The van der Waals surface area contributed by atoms with Gasteiger partial charge in [-0.15, -0.1) is 0 Å². The van der Waals surface area contributed by atoms with Crippen LogP contribution >= 0.6 is 0 Å². The van der Waals surface area contributed by atoms with Crippen LogP contribution in [0, 0.1) is 5.92 Å². The first kappa shape index (κ1) is 14.2. The zero-order valence-electron chi connectivity index (χ0n) is 10.9. The highest BCUT2D eigenvalue weighted by Crippen LogP contribution is 2.15. The monoisotopic (exact) mass is 237 g/mol. The van der Waals surface area contributed by atoms with Crippen molar-refractivity contribution in [2.45, 2.75) is 25.9 Å². The molecule has 0 aliphatic carbocycles. The lowest BCUT2D eigenvalue weighted by molar-refractivity contribution is 0.129. The van der Waals surface area contributed by atoms with E-state index >= 15 is 0 Å². The van der Waals surface area contributed by atoms with Crippen molar-refractivity contribution in [3.8, 4) is 0 Å². The van der Waals surface area contributed by atoms with Gasteiger partial charge in [0, 0.05) is 13.2 Å². The van der Waals surface area contributed by atoms with Gasteiger partial charge in [0.2, 0.25) is 0 Å². The maximum absolute atomic E-state index is 9.48. The Morgan fingerprint density at radius 3 is 2.35 bits per heavy atom. The SMILES string of the molecule is COCC(NC(CO)c1ccccc1)C(C)C. The van der Waals surface area contributed by atoms with Crippen molar-refractivity contribution < 1.29 is 9.84 Å². The molecule has 96 valence electrons. The summed E-state index contributed by atoms with van der Waals surface area (Å²) < 4.78 is 5.20. The average molecular weight is 237 g/mol. The summed E-state index contributed by atoms with van der Waals surface area (Å²) in [7, 11) is 1.70. The van der Waals surface area contributed by atoms with Gasteiger partial charge in [-0.1, -0.05) is 44.2 Å². The summed E-state index contributed by atoms with van der Waals surface area (Å²) in [6.45, 7) is 5.05. The van der Waals surface area contributed by atoms with E-state index < -0.39 is 0 Å². The molecule has 0 aliphatic heterocycles. The Labute approximate surface area is 104 Å². The Kier molecular flexibility index (Phi) is 6.19.